The van der Waals surface area contributed by atoms with Gasteiger partial charge in [0, 0.05) is 18.5 Å². The summed E-state index contributed by atoms with van der Waals surface area (Å²) < 4.78 is 7.23. The summed E-state index contributed by atoms with van der Waals surface area (Å²) in [5, 5.41) is 8.99. The van der Waals surface area contributed by atoms with Crippen molar-refractivity contribution in [2.45, 2.75) is 33.2 Å². The van der Waals surface area contributed by atoms with Crippen LogP contribution in [0.1, 0.15) is 31.7 Å². The molecule has 1 N–H and O–H groups in total. The van der Waals surface area contributed by atoms with Gasteiger partial charge in [-0.15, -0.1) is 0 Å². The maximum absolute atomic E-state index is 11.0. The highest BCUT2D eigenvalue weighted by Crippen LogP contribution is 2.30. The van der Waals surface area contributed by atoms with Crippen molar-refractivity contribution < 1.29 is 14.6 Å². The number of rotatable bonds is 7. The van der Waals surface area contributed by atoms with Crippen molar-refractivity contribution in [2.24, 2.45) is 5.92 Å². The third-order valence-corrected chi connectivity index (χ3v) is 5.65. The molecular weight excluding hydrogens is 388 g/mol. The molecule has 0 aliphatic rings. The zero-order valence-corrected chi connectivity index (χ0v) is 17.8. The summed E-state index contributed by atoms with van der Waals surface area (Å²) in [5.41, 5.74) is 4.99. The molecule has 1 aromatic heterocycles. The lowest BCUT2D eigenvalue weighted by Crippen LogP contribution is -2.09. The molecule has 5 nitrogen and oxygen atoms in total. The van der Waals surface area contributed by atoms with Crippen molar-refractivity contribution in [3.8, 4) is 16.9 Å². The molecule has 4 rings (SSSR count). The zero-order chi connectivity index (χ0) is 21.8. The van der Waals surface area contributed by atoms with Crippen LogP contribution in [0.3, 0.4) is 0 Å². The monoisotopic (exact) mass is 414 g/mol. The van der Waals surface area contributed by atoms with E-state index in [0.717, 1.165) is 52.9 Å². The standard InChI is InChI=1S/C26H26N2O3/c1-3-18(2)16-25-27-22-9-5-6-10-23(22)28(25)17-19-12-14-20(15-13-19)21-8-4-7-11-24(21)31-26(29)30/h4-15,18H,3,16-17H2,1-2H3,(H,29,30). The Balaban J connectivity index is 1.64. The Bertz CT molecular complexity index is 1190. The fourth-order valence-electron chi connectivity index (χ4n) is 3.77. The van der Waals surface area contributed by atoms with Crippen molar-refractivity contribution in [2.75, 3.05) is 0 Å². The van der Waals surface area contributed by atoms with Crippen LogP contribution in [0.2, 0.25) is 0 Å². The number of benzene rings is 3. The fraction of sp³-hybridized carbons (Fsp3) is 0.231. The van der Waals surface area contributed by atoms with Crippen molar-refractivity contribution in [3.63, 3.8) is 0 Å². The Morgan fingerprint density at radius 1 is 1.03 bits per heavy atom. The smallest absolute Gasteiger partial charge is 0.449 e. The first kappa shape index (κ1) is 20.7. The molecule has 0 aliphatic heterocycles. The highest BCUT2D eigenvalue weighted by Gasteiger charge is 2.14. The number of aromatic nitrogens is 2. The minimum absolute atomic E-state index is 0.333. The van der Waals surface area contributed by atoms with E-state index in [-0.39, 0.29) is 0 Å². The van der Waals surface area contributed by atoms with E-state index >= 15 is 0 Å². The molecule has 0 radical (unpaired) electrons. The van der Waals surface area contributed by atoms with Gasteiger partial charge in [-0.25, -0.2) is 9.78 Å². The predicted molar refractivity (Wildman–Crippen MR) is 123 cm³/mol. The topological polar surface area (TPSA) is 64.4 Å². The maximum Gasteiger partial charge on any atom is 0.511 e. The number of ether oxygens (including phenoxy) is 1. The molecule has 0 saturated heterocycles. The molecule has 4 aromatic rings. The van der Waals surface area contributed by atoms with E-state index in [1.54, 1.807) is 12.1 Å². The minimum Gasteiger partial charge on any atom is -0.449 e. The summed E-state index contributed by atoms with van der Waals surface area (Å²) in [6.07, 6.45) is 0.753. The van der Waals surface area contributed by atoms with Gasteiger partial charge in [-0.05, 0) is 35.2 Å². The lowest BCUT2D eigenvalue weighted by molar-refractivity contribution is 0.144. The van der Waals surface area contributed by atoms with Crippen LogP contribution >= 0.6 is 0 Å². The van der Waals surface area contributed by atoms with E-state index in [2.05, 4.69) is 48.7 Å². The molecule has 1 atom stereocenters. The normalized spacial score (nSPS) is 12.1. The van der Waals surface area contributed by atoms with E-state index in [0.29, 0.717) is 11.7 Å². The van der Waals surface area contributed by atoms with Crippen molar-refractivity contribution in [1.82, 2.24) is 9.55 Å². The van der Waals surface area contributed by atoms with Crippen molar-refractivity contribution in [1.29, 1.82) is 0 Å². The summed E-state index contributed by atoms with van der Waals surface area (Å²) >= 11 is 0. The minimum atomic E-state index is -1.31. The highest BCUT2D eigenvalue weighted by atomic mass is 16.7. The molecule has 0 fully saturated rings. The average molecular weight is 415 g/mol. The van der Waals surface area contributed by atoms with Crippen molar-refractivity contribution in [3.05, 3.63) is 84.2 Å². The van der Waals surface area contributed by atoms with Crippen LogP contribution in [-0.4, -0.2) is 20.8 Å². The van der Waals surface area contributed by atoms with Crippen LogP contribution in [0.15, 0.2) is 72.8 Å². The lowest BCUT2D eigenvalue weighted by Gasteiger charge is -2.13. The number of imidazole rings is 1. The van der Waals surface area contributed by atoms with Gasteiger partial charge in [0.1, 0.15) is 11.6 Å². The van der Waals surface area contributed by atoms with Crippen LogP contribution < -0.4 is 4.74 Å². The number of carbonyl (C=O) groups is 1. The lowest BCUT2D eigenvalue weighted by atomic mass is 10.0. The summed E-state index contributed by atoms with van der Waals surface area (Å²) in [7, 11) is 0. The molecule has 158 valence electrons. The largest absolute Gasteiger partial charge is 0.511 e. The fourth-order valence-corrected chi connectivity index (χ4v) is 3.77. The first-order valence-electron chi connectivity index (χ1n) is 10.6. The van der Waals surface area contributed by atoms with E-state index in [1.807, 2.05) is 30.3 Å². The third-order valence-electron chi connectivity index (χ3n) is 5.65. The van der Waals surface area contributed by atoms with Gasteiger partial charge < -0.3 is 14.4 Å². The first-order valence-corrected chi connectivity index (χ1v) is 10.6. The number of hydrogen-bond acceptors (Lipinski definition) is 3. The first-order chi connectivity index (χ1) is 15.0. The van der Waals surface area contributed by atoms with Gasteiger partial charge in [-0.3, -0.25) is 0 Å². The van der Waals surface area contributed by atoms with E-state index in [9.17, 15) is 4.79 Å². The summed E-state index contributed by atoms with van der Waals surface area (Å²) in [6.45, 7) is 5.21. The third kappa shape index (κ3) is 4.61. The number of nitrogens with zero attached hydrogens (tertiary/aromatic N) is 2. The zero-order valence-electron chi connectivity index (χ0n) is 17.8. The van der Waals surface area contributed by atoms with E-state index in [4.69, 9.17) is 14.8 Å². The van der Waals surface area contributed by atoms with Gasteiger partial charge in [-0.1, -0.05) is 74.9 Å². The van der Waals surface area contributed by atoms with Crippen LogP contribution in [-0.2, 0) is 13.0 Å². The second-order valence-electron chi connectivity index (χ2n) is 7.88. The van der Waals surface area contributed by atoms with E-state index < -0.39 is 6.16 Å². The molecular formula is C26H26N2O3. The Morgan fingerprint density at radius 2 is 1.74 bits per heavy atom. The second kappa shape index (κ2) is 9.04. The molecule has 0 bridgehead atoms. The molecule has 31 heavy (non-hydrogen) atoms. The summed E-state index contributed by atoms with van der Waals surface area (Å²) in [6, 6.07) is 23.6. The SMILES string of the molecule is CCC(C)Cc1nc2ccccc2n1Cc1ccc(-c2ccccc2OC(=O)O)cc1. The molecule has 0 aliphatic carbocycles. The Kier molecular flexibility index (Phi) is 6.03. The molecule has 0 saturated carbocycles. The predicted octanol–water partition coefficient (Wildman–Crippen LogP) is 6.40. The maximum atomic E-state index is 11.0. The van der Waals surface area contributed by atoms with Gasteiger partial charge in [-0.2, -0.15) is 0 Å². The molecule has 0 spiro atoms. The van der Waals surface area contributed by atoms with Crippen molar-refractivity contribution >= 4 is 17.2 Å². The van der Waals surface area contributed by atoms with Gasteiger partial charge in [0.2, 0.25) is 0 Å². The Morgan fingerprint density at radius 3 is 2.48 bits per heavy atom. The molecule has 1 unspecified atom stereocenters. The summed E-state index contributed by atoms with van der Waals surface area (Å²) in [4.78, 5) is 15.9. The van der Waals surface area contributed by atoms with E-state index in [1.165, 1.54) is 0 Å². The molecule has 3 aromatic carbocycles. The number of hydrogen-bond donors (Lipinski definition) is 1. The molecule has 0 amide bonds. The Hall–Kier alpha value is -3.60. The summed E-state index contributed by atoms with van der Waals surface area (Å²) in [5.74, 6) is 2.02. The van der Waals surface area contributed by atoms with Gasteiger partial charge in [0.15, 0.2) is 0 Å². The number of fused-ring (bicyclic) bond motifs is 1. The van der Waals surface area contributed by atoms with Crippen LogP contribution in [0.4, 0.5) is 4.79 Å². The Labute approximate surface area is 181 Å². The van der Waals surface area contributed by atoms with Crippen LogP contribution in [0, 0.1) is 5.92 Å². The number of para-hydroxylation sites is 3. The quantitative estimate of drug-likeness (QED) is 0.281. The van der Waals surface area contributed by atoms with Gasteiger partial charge in [0.25, 0.3) is 0 Å². The van der Waals surface area contributed by atoms with Gasteiger partial charge in [0.05, 0.1) is 11.0 Å². The van der Waals surface area contributed by atoms with Crippen LogP contribution in [0.5, 0.6) is 5.75 Å². The second-order valence-corrected chi connectivity index (χ2v) is 7.88. The van der Waals surface area contributed by atoms with Gasteiger partial charge >= 0.3 is 6.16 Å². The van der Waals surface area contributed by atoms with Crippen LogP contribution in [0.25, 0.3) is 22.2 Å². The average Bonchev–Trinajstić information content (AvgIpc) is 3.11. The molecule has 1 heterocycles. The highest BCUT2D eigenvalue weighted by molar-refractivity contribution is 5.76. The molecule has 5 heteroatoms. The number of carboxylic acid groups (broad SMARTS) is 1.